The minimum atomic E-state index is -5.08. The fourth-order valence-corrected chi connectivity index (χ4v) is 7.57. The van der Waals surface area contributed by atoms with Crippen LogP contribution < -0.4 is 10.1 Å². The maximum Gasteiger partial charge on any atom is 0.490 e. The third kappa shape index (κ3) is 5.18. The number of benzene rings is 1. The Balaban J connectivity index is 0.000000454. The molecule has 1 amide bonds. The molecular formula is C23H32F3N3O6S. The predicted octanol–water partition coefficient (Wildman–Crippen LogP) is 2.19. The van der Waals surface area contributed by atoms with E-state index in [1.807, 2.05) is 0 Å². The molecule has 13 heteroatoms. The number of hydrogen-bond donors (Lipinski definition) is 2. The smallest absolute Gasteiger partial charge is 0.490 e. The lowest BCUT2D eigenvalue weighted by molar-refractivity contribution is -0.192. The number of hydrogen-bond acceptors (Lipinski definition) is 6. The molecule has 0 radical (unpaired) electrons. The first kappa shape index (κ1) is 28.2. The maximum absolute atomic E-state index is 13.2. The Hall–Kier alpha value is -2.38. The lowest BCUT2D eigenvalue weighted by Crippen LogP contribution is -2.49. The SMILES string of the molecule is CNC(=O)[C@@]12CCC3(CCN(S(=O)(=O)c4cccc(OC)c4)CC3)[C@@H]1CN(C)C2.O=C(O)C(F)(F)F. The second-order valence-electron chi connectivity index (χ2n) is 9.73. The summed E-state index contributed by atoms with van der Waals surface area (Å²) in [4.78, 5) is 24.2. The number of ether oxygens (including phenoxy) is 1. The van der Waals surface area contributed by atoms with Gasteiger partial charge in [-0.05, 0) is 56.2 Å². The molecular weight excluding hydrogens is 503 g/mol. The van der Waals surface area contributed by atoms with Gasteiger partial charge in [0.1, 0.15) is 5.75 Å². The van der Waals surface area contributed by atoms with E-state index < -0.39 is 22.2 Å². The largest absolute Gasteiger partial charge is 0.497 e. The molecule has 3 fully saturated rings. The quantitative estimate of drug-likeness (QED) is 0.607. The van der Waals surface area contributed by atoms with Gasteiger partial charge in [-0.25, -0.2) is 13.2 Å². The van der Waals surface area contributed by atoms with E-state index in [9.17, 15) is 26.4 Å². The van der Waals surface area contributed by atoms with Crippen molar-refractivity contribution >= 4 is 21.9 Å². The molecule has 2 N–H and O–H groups in total. The fraction of sp³-hybridized carbons (Fsp3) is 0.652. The van der Waals surface area contributed by atoms with Crippen molar-refractivity contribution in [1.82, 2.24) is 14.5 Å². The molecule has 2 saturated heterocycles. The zero-order valence-electron chi connectivity index (χ0n) is 20.5. The Morgan fingerprint density at radius 1 is 1.17 bits per heavy atom. The number of aliphatic carboxylic acids is 1. The molecule has 0 unspecified atom stereocenters. The van der Waals surface area contributed by atoms with Gasteiger partial charge in [-0.2, -0.15) is 17.5 Å². The molecule has 4 rings (SSSR count). The summed E-state index contributed by atoms with van der Waals surface area (Å²) in [6.07, 6.45) is -1.56. The number of carbonyl (C=O) groups excluding carboxylic acids is 1. The average molecular weight is 536 g/mol. The molecule has 9 nitrogen and oxygen atoms in total. The highest BCUT2D eigenvalue weighted by molar-refractivity contribution is 7.89. The van der Waals surface area contributed by atoms with Gasteiger partial charge in [-0.3, -0.25) is 4.79 Å². The van der Waals surface area contributed by atoms with Crippen molar-refractivity contribution in [2.75, 3.05) is 47.4 Å². The van der Waals surface area contributed by atoms with Crippen LogP contribution in [0.2, 0.25) is 0 Å². The Kier molecular flexibility index (Phi) is 7.97. The summed E-state index contributed by atoms with van der Waals surface area (Å²) in [6, 6.07) is 6.66. The first-order valence-electron chi connectivity index (χ1n) is 11.6. The van der Waals surface area contributed by atoms with E-state index in [0.717, 1.165) is 38.8 Å². The number of fused-ring (bicyclic) bond motifs is 2. The zero-order chi connectivity index (χ0) is 26.9. The van der Waals surface area contributed by atoms with E-state index in [-0.39, 0.29) is 21.6 Å². The molecule has 0 aromatic heterocycles. The number of methoxy groups -OCH3 is 1. The third-order valence-electron chi connectivity index (χ3n) is 7.84. The highest BCUT2D eigenvalue weighted by Crippen LogP contribution is 2.62. The van der Waals surface area contributed by atoms with Gasteiger partial charge in [0, 0.05) is 39.3 Å². The van der Waals surface area contributed by atoms with E-state index in [2.05, 4.69) is 17.3 Å². The van der Waals surface area contributed by atoms with Gasteiger partial charge in [-0.15, -0.1) is 0 Å². The van der Waals surface area contributed by atoms with E-state index in [0.29, 0.717) is 24.8 Å². The van der Waals surface area contributed by atoms with Gasteiger partial charge in [0.2, 0.25) is 15.9 Å². The highest BCUT2D eigenvalue weighted by Gasteiger charge is 2.63. The number of carbonyl (C=O) groups is 2. The summed E-state index contributed by atoms with van der Waals surface area (Å²) in [6.45, 7) is 2.72. The van der Waals surface area contributed by atoms with Crippen LogP contribution in [-0.2, 0) is 19.6 Å². The summed E-state index contributed by atoms with van der Waals surface area (Å²) < 4.78 is 64.8. The number of amides is 1. The van der Waals surface area contributed by atoms with Crippen molar-refractivity contribution in [3.05, 3.63) is 24.3 Å². The number of sulfonamides is 1. The monoisotopic (exact) mass is 535 g/mol. The number of nitrogens with zero attached hydrogens (tertiary/aromatic N) is 2. The lowest BCUT2D eigenvalue weighted by atomic mass is 9.66. The number of likely N-dealkylation sites (tertiary alicyclic amines) is 1. The molecule has 1 aliphatic carbocycles. The number of piperidine rings is 1. The number of carboxylic acids is 1. The van der Waals surface area contributed by atoms with Crippen molar-refractivity contribution < 1.29 is 41.0 Å². The molecule has 36 heavy (non-hydrogen) atoms. The molecule has 1 spiro atoms. The number of nitrogens with one attached hydrogen (secondary N) is 1. The molecule has 0 bridgehead atoms. The van der Waals surface area contributed by atoms with Crippen LogP contribution in [0.3, 0.4) is 0 Å². The Labute approximate surface area is 208 Å². The first-order chi connectivity index (χ1) is 16.7. The minimum Gasteiger partial charge on any atom is -0.497 e. The highest BCUT2D eigenvalue weighted by atomic mass is 32.2. The van der Waals surface area contributed by atoms with Crippen molar-refractivity contribution in [2.45, 2.75) is 36.8 Å². The predicted molar refractivity (Wildman–Crippen MR) is 124 cm³/mol. The Morgan fingerprint density at radius 3 is 2.31 bits per heavy atom. The van der Waals surface area contributed by atoms with Crippen LogP contribution in [0.1, 0.15) is 25.7 Å². The molecule has 3 aliphatic rings. The van der Waals surface area contributed by atoms with Crippen molar-refractivity contribution in [2.24, 2.45) is 16.7 Å². The first-order valence-corrected chi connectivity index (χ1v) is 13.0. The summed E-state index contributed by atoms with van der Waals surface area (Å²) in [5.74, 6) is -1.77. The van der Waals surface area contributed by atoms with Gasteiger partial charge in [0.15, 0.2) is 0 Å². The molecule has 1 aromatic rings. The zero-order valence-corrected chi connectivity index (χ0v) is 21.3. The fourth-order valence-electron chi connectivity index (χ4n) is 6.10. The Morgan fingerprint density at radius 2 is 1.78 bits per heavy atom. The van der Waals surface area contributed by atoms with Crippen LogP contribution in [0.5, 0.6) is 5.75 Å². The van der Waals surface area contributed by atoms with Gasteiger partial charge in [-0.1, -0.05) is 6.07 Å². The van der Waals surface area contributed by atoms with E-state index in [4.69, 9.17) is 14.6 Å². The van der Waals surface area contributed by atoms with Gasteiger partial charge >= 0.3 is 12.1 Å². The lowest BCUT2D eigenvalue weighted by Gasteiger charge is -2.44. The molecule has 202 valence electrons. The van der Waals surface area contributed by atoms with E-state index in [1.54, 1.807) is 35.6 Å². The Bertz CT molecular complexity index is 1090. The molecule has 2 heterocycles. The summed E-state index contributed by atoms with van der Waals surface area (Å²) in [5, 5.41) is 10.0. The number of carboxylic acid groups (broad SMARTS) is 1. The van der Waals surface area contributed by atoms with Crippen LogP contribution in [0.25, 0.3) is 0 Å². The summed E-state index contributed by atoms with van der Waals surface area (Å²) in [7, 11) is 1.79. The molecule has 2 atom stereocenters. The number of rotatable bonds is 4. The van der Waals surface area contributed by atoms with Gasteiger partial charge < -0.3 is 20.1 Å². The molecule has 2 aliphatic heterocycles. The second-order valence-corrected chi connectivity index (χ2v) is 11.7. The summed E-state index contributed by atoms with van der Waals surface area (Å²) >= 11 is 0. The minimum absolute atomic E-state index is 0.0532. The van der Waals surface area contributed by atoms with Crippen LogP contribution in [-0.4, -0.2) is 88.2 Å². The van der Waals surface area contributed by atoms with E-state index >= 15 is 0 Å². The molecule has 1 saturated carbocycles. The third-order valence-corrected chi connectivity index (χ3v) is 9.74. The van der Waals surface area contributed by atoms with E-state index in [1.165, 1.54) is 7.11 Å². The van der Waals surface area contributed by atoms with Gasteiger partial charge in [0.25, 0.3) is 0 Å². The molecule has 1 aromatic carbocycles. The van der Waals surface area contributed by atoms with Gasteiger partial charge in [0.05, 0.1) is 17.4 Å². The van der Waals surface area contributed by atoms with Crippen LogP contribution in [0, 0.1) is 16.7 Å². The average Bonchev–Trinajstić information content (AvgIpc) is 3.33. The second kappa shape index (κ2) is 10.2. The summed E-state index contributed by atoms with van der Waals surface area (Å²) in [5.41, 5.74) is -0.269. The normalized spacial score (nSPS) is 26.1. The van der Waals surface area contributed by atoms with Crippen LogP contribution in [0.15, 0.2) is 29.2 Å². The van der Waals surface area contributed by atoms with Crippen molar-refractivity contribution in [3.63, 3.8) is 0 Å². The van der Waals surface area contributed by atoms with Crippen molar-refractivity contribution in [3.8, 4) is 5.75 Å². The van der Waals surface area contributed by atoms with Crippen LogP contribution in [0.4, 0.5) is 13.2 Å². The topological polar surface area (TPSA) is 116 Å². The number of alkyl halides is 3. The maximum atomic E-state index is 13.2. The standard InChI is InChI=1S/C21H31N3O4S.C2HF3O2/c1-22-19(25)21-8-7-20(18(21)14-23(2)15-21)9-11-24(12-10-20)29(26,27)17-6-4-5-16(13-17)28-3;3-2(4,5)1(6)7/h4-6,13,18H,7-12,14-15H2,1-3H3,(H,22,25);(H,6,7)/t18-,21+;/m0./s1. The van der Waals surface area contributed by atoms with Crippen LogP contribution >= 0.6 is 0 Å². The van der Waals surface area contributed by atoms with Crippen molar-refractivity contribution in [1.29, 1.82) is 0 Å². The number of halogens is 3.